The van der Waals surface area contributed by atoms with E-state index in [1.54, 1.807) is 4.88 Å². The minimum atomic E-state index is 0.492. The van der Waals surface area contributed by atoms with Crippen LogP contribution in [0.1, 0.15) is 75.4 Å². The summed E-state index contributed by atoms with van der Waals surface area (Å²) in [6.07, 6.45) is 7.04. The Morgan fingerprint density at radius 2 is 1.96 bits per heavy atom. The number of likely N-dealkylation sites (tertiary alicyclic amines) is 1. The van der Waals surface area contributed by atoms with Gasteiger partial charge in [0, 0.05) is 4.88 Å². The Morgan fingerprint density at radius 1 is 1.30 bits per heavy atom. The second-order valence-corrected chi connectivity index (χ2v) is 9.47. The first-order chi connectivity index (χ1) is 12.8. The number of aromatic nitrogens is 1. The van der Waals surface area contributed by atoms with E-state index >= 15 is 0 Å². The first kappa shape index (κ1) is 20.2. The smallest absolute Gasteiger partial charge is 0.0574 e. The SMILES string of the molecule is C=C(C)/C(C)=C\C(=C/C)c1[nH]c2cc(C3CCN(C)CC3)sc2c1C(C)C. The van der Waals surface area contributed by atoms with Gasteiger partial charge in [-0.2, -0.15) is 0 Å². The van der Waals surface area contributed by atoms with Crippen molar-refractivity contribution in [2.75, 3.05) is 20.1 Å². The van der Waals surface area contributed by atoms with Crippen molar-refractivity contribution >= 4 is 27.1 Å². The molecule has 0 atom stereocenters. The minimum absolute atomic E-state index is 0.492. The van der Waals surface area contributed by atoms with E-state index in [2.05, 4.69) is 76.3 Å². The Balaban J connectivity index is 2.02. The maximum absolute atomic E-state index is 4.09. The molecule has 3 heteroatoms. The second-order valence-electron chi connectivity index (χ2n) is 8.39. The Labute approximate surface area is 168 Å². The van der Waals surface area contributed by atoms with Gasteiger partial charge in [-0.1, -0.05) is 38.2 Å². The fourth-order valence-electron chi connectivity index (χ4n) is 3.95. The largest absolute Gasteiger partial charge is 0.354 e. The molecular formula is C24H34N2S. The summed E-state index contributed by atoms with van der Waals surface area (Å²) in [6, 6.07) is 2.42. The number of rotatable bonds is 5. The summed E-state index contributed by atoms with van der Waals surface area (Å²) in [7, 11) is 2.23. The summed E-state index contributed by atoms with van der Waals surface area (Å²) in [4.78, 5) is 7.78. The third-order valence-electron chi connectivity index (χ3n) is 5.87. The van der Waals surface area contributed by atoms with Crippen LogP contribution in [0.5, 0.6) is 0 Å². The first-order valence-electron chi connectivity index (χ1n) is 10.2. The maximum Gasteiger partial charge on any atom is 0.0574 e. The summed E-state index contributed by atoms with van der Waals surface area (Å²) < 4.78 is 1.45. The van der Waals surface area contributed by atoms with E-state index in [9.17, 15) is 0 Å². The summed E-state index contributed by atoms with van der Waals surface area (Å²) in [6.45, 7) is 17.5. The molecule has 146 valence electrons. The van der Waals surface area contributed by atoms with Crippen molar-refractivity contribution in [2.24, 2.45) is 0 Å². The number of piperidine rings is 1. The molecule has 0 aliphatic carbocycles. The number of thiophene rings is 1. The van der Waals surface area contributed by atoms with Gasteiger partial charge in [-0.25, -0.2) is 0 Å². The molecule has 0 bridgehead atoms. The summed E-state index contributed by atoms with van der Waals surface area (Å²) in [5.41, 5.74) is 7.69. The average Bonchev–Trinajstić information content (AvgIpc) is 3.17. The third-order valence-corrected chi connectivity index (χ3v) is 7.20. The Bertz CT molecular complexity index is 883. The van der Waals surface area contributed by atoms with Crippen LogP contribution in [0, 0.1) is 0 Å². The number of fused-ring (bicyclic) bond motifs is 1. The van der Waals surface area contributed by atoms with Gasteiger partial charge in [-0.15, -0.1) is 11.3 Å². The summed E-state index contributed by atoms with van der Waals surface area (Å²) in [5.74, 6) is 1.22. The van der Waals surface area contributed by atoms with Gasteiger partial charge in [0.1, 0.15) is 0 Å². The Hall–Kier alpha value is -1.58. The van der Waals surface area contributed by atoms with E-state index in [-0.39, 0.29) is 0 Å². The van der Waals surface area contributed by atoms with Crippen LogP contribution in [-0.4, -0.2) is 30.0 Å². The molecule has 1 N–H and O–H groups in total. The molecule has 1 saturated heterocycles. The molecule has 0 saturated carbocycles. The molecule has 1 aliphatic heterocycles. The quantitative estimate of drug-likeness (QED) is 0.547. The topological polar surface area (TPSA) is 19.0 Å². The highest BCUT2D eigenvalue weighted by molar-refractivity contribution is 7.19. The monoisotopic (exact) mass is 382 g/mol. The molecule has 0 amide bonds. The zero-order valence-corrected chi connectivity index (χ0v) is 18.6. The molecule has 0 unspecified atom stereocenters. The van der Waals surface area contributed by atoms with E-state index in [1.807, 2.05) is 11.3 Å². The van der Waals surface area contributed by atoms with Crippen molar-refractivity contribution in [3.05, 3.63) is 52.1 Å². The molecule has 2 aromatic heterocycles. The van der Waals surface area contributed by atoms with Crippen LogP contribution in [0.15, 0.2) is 35.9 Å². The van der Waals surface area contributed by atoms with Gasteiger partial charge in [-0.3, -0.25) is 0 Å². The van der Waals surface area contributed by atoms with Gasteiger partial charge in [0.2, 0.25) is 0 Å². The van der Waals surface area contributed by atoms with E-state index in [0.29, 0.717) is 5.92 Å². The van der Waals surface area contributed by atoms with Crippen LogP contribution < -0.4 is 0 Å². The summed E-state index contributed by atoms with van der Waals surface area (Å²) in [5, 5.41) is 0. The predicted octanol–water partition coefficient (Wildman–Crippen LogP) is 7.09. The first-order valence-corrected chi connectivity index (χ1v) is 11.0. The van der Waals surface area contributed by atoms with Crippen LogP contribution >= 0.6 is 11.3 Å². The van der Waals surface area contributed by atoms with Crippen LogP contribution in [-0.2, 0) is 0 Å². The van der Waals surface area contributed by atoms with Crippen LogP contribution in [0.25, 0.3) is 15.8 Å². The Morgan fingerprint density at radius 3 is 2.52 bits per heavy atom. The second kappa shape index (κ2) is 8.20. The van der Waals surface area contributed by atoms with E-state index in [4.69, 9.17) is 0 Å². The number of nitrogens with one attached hydrogen (secondary N) is 1. The molecule has 27 heavy (non-hydrogen) atoms. The lowest BCUT2D eigenvalue weighted by Gasteiger charge is -2.28. The maximum atomic E-state index is 4.09. The Kier molecular flexibility index (Phi) is 6.12. The molecule has 1 aliphatic rings. The number of allylic oxidation sites excluding steroid dienone is 5. The van der Waals surface area contributed by atoms with Crippen molar-refractivity contribution in [3.63, 3.8) is 0 Å². The lowest BCUT2D eigenvalue weighted by Crippen LogP contribution is -2.28. The minimum Gasteiger partial charge on any atom is -0.354 e. The lowest BCUT2D eigenvalue weighted by atomic mass is 9.95. The zero-order valence-electron chi connectivity index (χ0n) is 17.8. The third kappa shape index (κ3) is 4.14. The van der Waals surface area contributed by atoms with Crippen molar-refractivity contribution in [1.29, 1.82) is 0 Å². The molecule has 0 aromatic carbocycles. The van der Waals surface area contributed by atoms with Crippen LogP contribution in [0.3, 0.4) is 0 Å². The van der Waals surface area contributed by atoms with Gasteiger partial charge in [0.25, 0.3) is 0 Å². The van der Waals surface area contributed by atoms with Gasteiger partial charge in [0.15, 0.2) is 0 Å². The van der Waals surface area contributed by atoms with Crippen molar-refractivity contribution in [3.8, 4) is 0 Å². The lowest BCUT2D eigenvalue weighted by molar-refractivity contribution is 0.257. The highest BCUT2D eigenvalue weighted by Gasteiger charge is 2.24. The predicted molar refractivity (Wildman–Crippen MR) is 122 cm³/mol. The molecule has 0 spiro atoms. The number of hydrogen-bond donors (Lipinski definition) is 1. The van der Waals surface area contributed by atoms with Crippen molar-refractivity contribution < 1.29 is 0 Å². The number of H-pyrrole nitrogens is 1. The fourth-order valence-corrected chi connectivity index (χ4v) is 5.43. The van der Waals surface area contributed by atoms with E-state index < -0.39 is 0 Å². The van der Waals surface area contributed by atoms with Gasteiger partial charge < -0.3 is 9.88 Å². The number of aromatic amines is 1. The zero-order chi connectivity index (χ0) is 19.7. The van der Waals surface area contributed by atoms with E-state index in [0.717, 1.165) is 11.5 Å². The van der Waals surface area contributed by atoms with Crippen LogP contribution in [0.2, 0.25) is 0 Å². The van der Waals surface area contributed by atoms with Crippen LogP contribution in [0.4, 0.5) is 0 Å². The highest BCUT2D eigenvalue weighted by atomic mass is 32.1. The molecule has 2 aromatic rings. The van der Waals surface area contributed by atoms with Gasteiger partial charge >= 0.3 is 0 Å². The molecule has 3 rings (SSSR count). The van der Waals surface area contributed by atoms with E-state index in [1.165, 1.54) is 58.6 Å². The number of nitrogens with zero attached hydrogens (tertiary/aromatic N) is 1. The molecule has 3 heterocycles. The molecule has 0 radical (unpaired) electrons. The fraction of sp³-hybridized carbons (Fsp3) is 0.500. The number of hydrogen-bond acceptors (Lipinski definition) is 2. The normalized spacial score (nSPS) is 18.0. The average molecular weight is 383 g/mol. The highest BCUT2D eigenvalue weighted by Crippen LogP contribution is 2.42. The molecule has 2 nitrogen and oxygen atoms in total. The molecular weight excluding hydrogens is 348 g/mol. The van der Waals surface area contributed by atoms with Gasteiger partial charge in [-0.05, 0) is 88.4 Å². The summed E-state index contributed by atoms with van der Waals surface area (Å²) >= 11 is 2.02. The van der Waals surface area contributed by atoms with Crippen molar-refractivity contribution in [2.45, 2.75) is 59.3 Å². The molecule has 1 fully saturated rings. The standard InChI is InChI=1S/C24H34N2S/c1-8-18(13-17(6)15(2)3)23-22(16(4)5)24-20(25-23)14-21(27-24)19-9-11-26(7)12-10-19/h8,13-14,16,19,25H,2,9-12H2,1,3-7H3/b17-13-,18-8+. The van der Waals surface area contributed by atoms with Crippen molar-refractivity contribution in [1.82, 2.24) is 9.88 Å². The van der Waals surface area contributed by atoms with Gasteiger partial charge in [0.05, 0.1) is 15.9 Å².